The second-order valence-corrected chi connectivity index (χ2v) is 5.80. The predicted octanol–water partition coefficient (Wildman–Crippen LogP) is 3.49. The maximum atomic E-state index is 11.1. The summed E-state index contributed by atoms with van der Waals surface area (Å²) in [7, 11) is 0. The molecule has 0 aliphatic rings. The first-order valence-corrected chi connectivity index (χ1v) is 7.32. The molecule has 0 radical (unpaired) electrons. The van der Waals surface area contributed by atoms with Crippen LogP contribution in [0.15, 0.2) is 42.5 Å². The molecule has 0 saturated heterocycles. The number of nitrogens with two attached hydrogens (primary N) is 1. The molecule has 0 amide bonds. The van der Waals surface area contributed by atoms with Crippen molar-refractivity contribution in [2.75, 3.05) is 0 Å². The van der Waals surface area contributed by atoms with Gasteiger partial charge in [-0.3, -0.25) is 0 Å². The summed E-state index contributed by atoms with van der Waals surface area (Å²) in [5.74, 6) is 0.848. The van der Waals surface area contributed by atoms with E-state index in [1.807, 2.05) is 37.3 Å². The van der Waals surface area contributed by atoms with Gasteiger partial charge in [-0.25, -0.2) is 4.79 Å². The minimum Gasteiger partial charge on any atom is -0.478 e. The molecular formula is C18H21NO4. The fourth-order valence-electron chi connectivity index (χ4n) is 1.99. The lowest BCUT2D eigenvalue weighted by Gasteiger charge is -2.23. The number of benzene rings is 2. The molecular weight excluding hydrogens is 294 g/mol. The van der Waals surface area contributed by atoms with Gasteiger partial charge in [0.05, 0.1) is 0 Å². The monoisotopic (exact) mass is 315 g/mol. The molecule has 23 heavy (non-hydrogen) atoms. The van der Waals surface area contributed by atoms with Gasteiger partial charge in [-0.1, -0.05) is 12.1 Å². The van der Waals surface area contributed by atoms with Crippen LogP contribution in [0.1, 0.15) is 25.0 Å². The third-order valence-electron chi connectivity index (χ3n) is 3.40. The smallest absolute Gasteiger partial charge is 0.347 e. The minimum absolute atomic E-state index is 0.452. The molecule has 0 unspecified atom stereocenters. The molecule has 2 aromatic rings. The number of carbonyl (C=O) groups is 1. The molecule has 0 spiro atoms. The average molecular weight is 315 g/mol. The van der Waals surface area contributed by atoms with Gasteiger partial charge in [0, 0.05) is 6.54 Å². The Morgan fingerprint density at radius 2 is 1.87 bits per heavy atom. The van der Waals surface area contributed by atoms with Crippen molar-refractivity contribution in [3.05, 3.63) is 53.6 Å². The van der Waals surface area contributed by atoms with Crippen molar-refractivity contribution in [2.45, 2.75) is 32.9 Å². The third kappa shape index (κ3) is 4.23. The van der Waals surface area contributed by atoms with Crippen LogP contribution in [0.25, 0.3) is 0 Å². The van der Waals surface area contributed by atoms with Crippen LogP contribution in [-0.2, 0) is 11.3 Å². The van der Waals surface area contributed by atoms with E-state index in [4.69, 9.17) is 20.3 Å². The van der Waals surface area contributed by atoms with Gasteiger partial charge < -0.3 is 20.3 Å². The van der Waals surface area contributed by atoms with E-state index in [1.165, 1.54) is 13.8 Å². The van der Waals surface area contributed by atoms with Gasteiger partial charge in [0.1, 0.15) is 17.2 Å². The lowest BCUT2D eigenvalue weighted by molar-refractivity contribution is -0.152. The fraction of sp³-hybridized carbons (Fsp3) is 0.278. The first kappa shape index (κ1) is 16.8. The van der Waals surface area contributed by atoms with Crippen molar-refractivity contribution in [3.63, 3.8) is 0 Å². The zero-order valence-corrected chi connectivity index (χ0v) is 13.5. The van der Waals surface area contributed by atoms with Crippen LogP contribution in [0.3, 0.4) is 0 Å². The second-order valence-electron chi connectivity index (χ2n) is 5.80. The van der Waals surface area contributed by atoms with E-state index in [2.05, 4.69) is 0 Å². The van der Waals surface area contributed by atoms with E-state index in [1.54, 1.807) is 12.1 Å². The van der Waals surface area contributed by atoms with Crippen LogP contribution < -0.4 is 15.2 Å². The highest BCUT2D eigenvalue weighted by Gasteiger charge is 2.29. The van der Waals surface area contributed by atoms with Crippen LogP contribution in [0.5, 0.6) is 17.2 Å². The first-order chi connectivity index (χ1) is 10.8. The number of rotatable bonds is 6. The molecule has 5 heteroatoms. The molecule has 2 rings (SSSR count). The predicted molar refractivity (Wildman–Crippen MR) is 87.9 cm³/mol. The Morgan fingerprint density at radius 3 is 2.48 bits per heavy atom. The first-order valence-electron chi connectivity index (χ1n) is 7.32. The number of carboxylic acid groups (broad SMARTS) is 1. The molecule has 0 aliphatic heterocycles. The van der Waals surface area contributed by atoms with Crippen LogP contribution in [0.2, 0.25) is 0 Å². The number of ether oxygens (including phenoxy) is 2. The summed E-state index contributed by atoms with van der Waals surface area (Å²) in [6, 6.07) is 12.8. The van der Waals surface area contributed by atoms with E-state index in [9.17, 15) is 4.79 Å². The van der Waals surface area contributed by atoms with Gasteiger partial charge in [-0.05, 0) is 62.2 Å². The molecule has 0 fully saturated rings. The Hall–Kier alpha value is -2.53. The van der Waals surface area contributed by atoms with E-state index >= 15 is 0 Å². The Bertz CT molecular complexity index is 710. The van der Waals surface area contributed by atoms with Crippen LogP contribution >= 0.6 is 0 Å². The SMILES string of the molecule is Cc1cc(Oc2cccc(CN)c2)ccc1OC(C)(C)C(=O)O. The van der Waals surface area contributed by atoms with Crippen molar-refractivity contribution in [1.29, 1.82) is 0 Å². The number of aryl methyl sites for hydroxylation is 1. The number of aliphatic carboxylic acids is 1. The van der Waals surface area contributed by atoms with Crippen LogP contribution in [0.4, 0.5) is 0 Å². The van der Waals surface area contributed by atoms with Crippen molar-refractivity contribution in [2.24, 2.45) is 5.73 Å². The number of carboxylic acids is 1. The van der Waals surface area contributed by atoms with Crippen molar-refractivity contribution in [1.82, 2.24) is 0 Å². The Labute approximate surface area is 135 Å². The van der Waals surface area contributed by atoms with E-state index in [0.29, 0.717) is 23.8 Å². The molecule has 3 N–H and O–H groups in total. The van der Waals surface area contributed by atoms with Crippen molar-refractivity contribution >= 4 is 5.97 Å². The molecule has 0 atom stereocenters. The van der Waals surface area contributed by atoms with E-state index < -0.39 is 11.6 Å². The normalized spacial score (nSPS) is 11.1. The van der Waals surface area contributed by atoms with Crippen molar-refractivity contribution < 1.29 is 19.4 Å². The van der Waals surface area contributed by atoms with Crippen LogP contribution in [-0.4, -0.2) is 16.7 Å². The minimum atomic E-state index is -1.29. The topological polar surface area (TPSA) is 81.8 Å². The summed E-state index contributed by atoms with van der Waals surface area (Å²) in [5.41, 5.74) is 6.12. The summed E-state index contributed by atoms with van der Waals surface area (Å²) in [6.45, 7) is 5.32. The Morgan fingerprint density at radius 1 is 1.17 bits per heavy atom. The zero-order valence-electron chi connectivity index (χ0n) is 13.5. The molecule has 0 saturated carbocycles. The number of hydrogen-bond acceptors (Lipinski definition) is 4. The molecule has 2 aromatic carbocycles. The maximum absolute atomic E-state index is 11.1. The highest BCUT2D eigenvalue weighted by molar-refractivity contribution is 5.76. The lowest BCUT2D eigenvalue weighted by atomic mass is 10.1. The lowest BCUT2D eigenvalue weighted by Crippen LogP contribution is -2.38. The largest absolute Gasteiger partial charge is 0.478 e. The fourth-order valence-corrected chi connectivity index (χ4v) is 1.99. The molecule has 5 nitrogen and oxygen atoms in total. The highest BCUT2D eigenvalue weighted by atomic mass is 16.5. The van der Waals surface area contributed by atoms with Gasteiger partial charge in [-0.2, -0.15) is 0 Å². The van der Waals surface area contributed by atoms with Gasteiger partial charge in [0.25, 0.3) is 0 Å². The summed E-state index contributed by atoms with van der Waals surface area (Å²) < 4.78 is 11.4. The van der Waals surface area contributed by atoms with Crippen molar-refractivity contribution in [3.8, 4) is 17.2 Å². The second kappa shape index (κ2) is 6.71. The summed E-state index contributed by atoms with van der Waals surface area (Å²) in [4.78, 5) is 11.1. The maximum Gasteiger partial charge on any atom is 0.347 e. The summed E-state index contributed by atoms with van der Waals surface area (Å²) in [6.07, 6.45) is 0. The quantitative estimate of drug-likeness (QED) is 0.852. The van der Waals surface area contributed by atoms with Gasteiger partial charge >= 0.3 is 5.97 Å². The average Bonchev–Trinajstić information content (AvgIpc) is 2.50. The molecule has 0 aromatic heterocycles. The third-order valence-corrected chi connectivity index (χ3v) is 3.40. The molecule has 0 bridgehead atoms. The van der Waals surface area contributed by atoms with Gasteiger partial charge in [-0.15, -0.1) is 0 Å². The Kier molecular flexibility index (Phi) is 4.91. The van der Waals surface area contributed by atoms with E-state index in [-0.39, 0.29) is 0 Å². The summed E-state index contributed by atoms with van der Waals surface area (Å²) in [5, 5.41) is 9.13. The summed E-state index contributed by atoms with van der Waals surface area (Å²) >= 11 is 0. The molecule has 0 aliphatic carbocycles. The molecule has 122 valence electrons. The van der Waals surface area contributed by atoms with Gasteiger partial charge in [0.2, 0.25) is 0 Å². The van der Waals surface area contributed by atoms with E-state index in [0.717, 1.165) is 11.1 Å². The highest BCUT2D eigenvalue weighted by Crippen LogP contribution is 2.29. The Balaban J connectivity index is 2.17. The van der Waals surface area contributed by atoms with Gasteiger partial charge in [0.15, 0.2) is 5.60 Å². The molecule has 0 heterocycles. The van der Waals surface area contributed by atoms with Crippen LogP contribution in [0, 0.1) is 6.92 Å². The standard InChI is InChI=1S/C18H21NO4/c1-12-9-15(22-14-6-4-5-13(10-14)11-19)7-8-16(12)23-18(2,3)17(20)21/h4-10H,11,19H2,1-3H3,(H,20,21). The number of hydrogen-bond donors (Lipinski definition) is 2. The zero-order chi connectivity index (χ0) is 17.0.